The highest BCUT2D eigenvalue weighted by Crippen LogP contribution is 2.32. The average Bonchev–Trinajstić information content (AvgIpc) is 2.92. The van der Waals surface area contributed by atoms with E-state index in [9.17, 15) is 19.2 Å². The molecular formula is C21H18N2O5S. The fraction of sp³-hybridized carbons (Fsp3) is 0.143. The average molecular weight is 410 g/mol. The molecule has 2 aromatic rings. The van der Waals surface area contributed by atoms with Gasteiger partial charge in [0.25, 0.3) is 11.1 Å². The first-order valence-electron chi connectivity index (χ1n) is 8.72. The van der Waals surface area contributed by atoms with Crippen molar-refractivity contribution in [1.82, 2.24) is 4.90 Å². The fourth-order valence-corrected chi connectivity index (χ4v) is 3.41. The summed E-state index contributed by atoms with van der Waals surface area (Å²) < 4.78 is 4.95. The van der Waals surface area contributed by atoms with Gasteiger partial charge in [-0.2, -0.15) is 0 Å². The van der Waals surface area contributed by atoms with Gasteiger partial charge in [0.05, 0.1) is 4.91 Å². The molecule has 0 saturated carbocycles. The molecule has 3 rings (SSSR count). The van der Waals surface area contributed by atoms with Gasteiger partial charge in [0, 0.05) is 12.6 Å². The second-order valence-electron chi connectivity index (χ2n) is 6.34. The molecule has 1 aliphatic rings. The van der Waals surface area contributed by atoms with E-state index in [0.717, 1.165) is 22.2 Å². The van der Waals surface area contributed by atoms with Crippen LogP contribution in [-0.2, 0) is 14.4 Å². The van der Waals surface area contributed by atoms with Crippen molar-refractivity contribution in [3.8, 4) is 5.75 Å². The van der Waals surface area contributed by atoms with E-state index < -0.39 is 23.0 Å². The molecule has 0 unspecified atom stereocenters. The summed E-state index contributed by atoms with van der Waals surface area (Å²) in [7, 11) is 0. The third-order valence-electron chi connectivity index (χ3n) is 3.95. The number of nitrogens with one attached hydrogen (secondary N) is 1. The lowest BCUT2D eigenvalue weighted by atomic mass is 10.2. The second kappa shape index (κ2) is 8.74. The Hall–Kier alpha value is -3.39. The predicted octanol–water partition coefficient (Wildman–Crippen LogP) is 3.60. The summed E-state index contributed by atoms with van der Waals surface area (Å²) in [5.41, 5.74) is 2.31. The molecule has 1 aliphatic heterocycles. The molecule has 0 spiro atoms. The van der Waals surface area contributed by atoms with Crippen LogP contribution in [0.15, 0.2) is 53.4 Å². The number of thioether (sulfide) groups is 1. The number of carbonyl (C=O) groups excluding carboxylic acids is 4. The van der Waals surface area contributed by atoms with E-state index in [1.54, 1.807) is 42.5 Å². The Morgan fingerprint density at radius 1 is 1.07 bits per heavy atom. The number of ether oxygens (including phenoxy) is 1. The Bertz CT molecular complexity index is 997. The molecule has 7 nitrogen and oxygen atoms in total. The number of esters is 1. The molecule has 0 radical (unpaired) electrons. The summed E-state index contributed by atoms with van der Waals surface area (Å²) in [5.74, 6) is -1.02. The van der Waals surface area contributed by atoms with Crippen molar-refractivity contribution < 1.29 is 23.9 Å². The number of hydrogen-bond acceptors (Lipinski definition) is 6. The summed E-state index contributed by atoms with van der Waals surface area (Å²) in [4.78, 5) is 49.0. The number of aryl methyl sites for hydroxylation is 1. The van der Waals surface area contributed by atoms with Gasteiger partial charge in [-0.25, -0.2) is 0 Å². The maximum atomic E-state index is 12.5. The van der Waals surface area contributed by atoms with Crippen molar-refractivity contribution in [3.05, 3.63) is 64.6 Å². The SMILES string of the molecule is CC(=O)Oc1ccc(/C=C2/SC(=O)N(CC(=O)Nc3ccc(C)cc3)C2=O)cc1. The number of benzene rings is 2. The fourth-order valence-electron chi connectivity index (χ4n) is 2.57. The van der Waals surface area contributed by atoms with Crippen LogP contribution >= 0.6 is 11.8 Å². The molecule has 0 bridgehead atoms. The summed E-state index contributed by atoms with van der Waals surface area (Å²) in [6, 6.07) is 13.7. The van der Waals surface area contributed by atoms with E-state index in [2.05, 4.69) is 5.32 Å². The van der Waals surface area contributed by atoms with E-state index in [1.807, 2.05) is 19.1 Å². The zero-order valence-corrected chi connectivity index (χ0v) is 16.6. The minimum atomic E-state index is -0.525. The van der Waals surface area contributed by atoms with Crippen LogP contribution in [0.4, 0.5) is 10.5 Å². The largest absolute Gasteiger partial charge is 0.427 e. The number of rotatable bonds is 5. The number of anilines is 1. The second-order valence-corrected chi connectivity index (χ2v) is 7.34. The molecule has 1 saturated heterocycles. The first-order chi connectivity index (χ1) is 13.8. The molecule has 148 valence electrons. The van der Waals surface area contributed by atoms with E-state index in [-0.39, 0.29) is 11.4 Å². The molecule has 8 heteroatoms. The van der Waals surface area contributed by atoms with Gasteiger partial charge >= 0.3 is 5.97 Å². The Kier molecular flexibility index (Phi) is 6.13. The lowest BCUT2D eigenvalue weighted by molar-refractivity contribution is -0.131. The lowest BCUT2D eigenvalue weighted by Crippen LogP contribution is -2.36. The predicted molar refractivity (Wildman–Crippen MR) is 110 cm³/mol. The standard InChI is InChI=1S/C21H18N2O5S/c1-13-3-7-16(8-4-13)22-19(25)12-23-20(26)18(29-21(23)27)11-15-5-9-17(10-6-15)28-14(2)24/h3-11H,12H2,1-2H3,(H,22,25)/b18-11+. The van der Waals surface area contributed by atoms with Crippen LogP contribution in [0.3, 0.4) is 0 Å². The van der Waals surface area contributed by atoms with Crippen molar-refractivity contribution in [2.24, 2.45) is 0 Å². The first kappa shape index (κ1) is 20.3. The monoisotopic (exact) mass is 410 g/mol. The van der Waals surface area contributed by atoms with E-state index >= 15 is 0 Å². The number of imide groups is 1. The maximum absolute atomic E-state index is 12.5. The van der Waals surface area contributed by atoms with Gasteiger partial charge in [0.1, 0.15) is 12.3 Å². The molecule has 1 fully saturated rings. The van der Waals surface area contributed by atoms with Crippen molar-refractivity contribution in [3.63, 3.8) is 0 Å². The Labute approximate surface area is 171 Å². The molecule has 0 atom stereocenters. The van der Waals surface area contributed by atoms with Crippen LogP contribution in [-0.4, -0.2) is 34.5 Å². The summed E-state index contributed by atoms with van der Waals surface area (Å²) >= 11 is 0.775. The number of nitrogens with zero attached hydrogens (tertiary/aromatic N) is 1. The summed E-state index contributed by atoms with van der Waals surface area (Å²) in [6.45, 7) is 2.88. The van der Waals surface area contributed by atoms with Crippen LogP contribution in [0.1, 0.15) is 18.1 Å². The summed E-state index contributed by atoms with van der Waals surface area (Å²) in [5, 5.41) is 2.17. The normalized spacial score (nSPS) is 15.0. The van der Waals surface area contributed by atoms with Gasteiger partial charge in [0.2, 0.25) is 5.91 Å². The van der Waals surface area contributed by atoms with Crippen LogP contribution in [0.5, 0.6) is 5.75 Å². The molecule has 1 N–H and O–H groups in total. The smallest absolute Gasteiger partial charge is 0.308 e. The maximum Gasteiger partial charge on any atom is 0.308 e. The highest BCUT2D eigenvalue weighted by atomic mass is 32.2. The molecule has 0 aromatic heterocycles. The molecular weight excluding hydrogens is 392 g/mol. The zero-order chi connectivity index (χ0) is 21.0. The number of hydrogen-bond donors (Lipinski definition) is 1. The van der Waals surface area contributed by atoms with Gasteiger partial charge in [-0.05, 0) is 54.6 Å². The number of amides is 3. The van der Waals surface area contributed by atoms with Gasteiger partial charge in [-0.1, -0.05) is 29.8 Å². The minimum Gasteiger partial charge on any atom is -0.427 e. The van der Waals surface area contributed by atoms with Crippen molar-refractivity contribution in [1.29, 1.82) is 0 Å². The van der Waals surface area contributed by atoms with Crippen molar-refractivity contribution in [2.45, 2.75) is 13.8 Å². The highest BCUT2D eigenvalue weighted by molar-refractivity contribution is 8.18. The third kappa shape index (κ3) is 5.32. The van der Waals surface area contributed by atoms with Gasteiger partial charge in [-0.15, -0.1) is 0 Å². The Balaban J connectivity index is 1.65. The Morgan fingerprint density at radius 2 is 1.72 bits per heavy atom. The molecule has 2 aromatic carbocycles. The minimum absolute atomic E-state index is 0.221. The van der Waals surface area contributed by atoms with Crippen LogP contribution < -0.4 is 10.1 Å². The molecule has 3 amide bonds. The van der Waals surface area contributed by atoms with Crippen LogP contribution in [0.2, 0.25) is 0 Å². The van der Waals surface area contributed by atoms with Crippen molar-refractivity contribution >= 4 is 46.5 Å². The zero-order valence-electron chi connectivity index (χ0n) is 15.8. The van der Waals surface area contributed by atoms with E-state index in [0.29, 0.717) is 17.0 Å². The lowest BCUT2D eigenvalue weighted by Gasteiger charge is -2.12. The summed E-state index contributed by atoms with van der Waals surface area (Å²) in [6.07, 6.45) is 1.56. The van der Waals surface area contributed by atoms with Gasteiger partial charge < -0.3 is 10.1 Å². The topological polar surface area (TPSA) is 92.8 Å². The van der Waals surface area contributed by atoms with E-state index in [1.165, 1.54) is 6.92 Å². The quantitative estimate of drug-likeness (QED) is 0.460. The van der Waals surface area contributed by atoms with Crippen LogP contribution in [0, 0.1) is 6.92 Å². The molecule has 1 heterocycles. The first-order valence-corrected chi connectivity index (χ1v) is 9.54. The van der Waals surface area contributed by atoms with Gasteiger partial charge in [0.15, 0.2) is 0 Å². The van der Waals surface area contributed by atoms with Gasteiger partial charge in [-0.3, -0.25) is 24.1 Å². The van der Waals surface area contributed by atoms with E-state index in [4.69, 9.17) is 4.74 Å². The van der Waals surface area contributed by atoms with Crippen molar-refractivity contribution in [2.75, 3.05) is 11.9 Å². The molecule has 29 heavy (non-hydrogen) atoms. The Morgan fingerprint density at radius 3 is 2.34 bits per heavy atom. The highest BCUT2D eigenvalue weighted by Gasteiger charge is 2.36. The van der Waals surface area contributed by atoms with Crippen LogP contribution in [0.25, 0.3) is 6.08 Å². The third-order valence-corrected chi connectivity index (χ3v) is 4.86. The number of carbonyl (C=O) groups is 4. The molecule has 0 aliphatic carbocycles.